The molecule has 3 rings (SSSR count). The Bertz CT molecular complexity index is 598. The fourth-order valence-corrected chi connectivity index (χ4v) is 2.76. The highest BCUT2D eigenvalue weighted by Gasteiger charge is 2.18. The highest BCUT2D eigenvalue weighted by molar-refractivity contribution is 5.85. The molecule has 1 aromatic heterocycles. The molecule has 106 valence electrons. The van der Waals surface area contributed by atoms with E-state index in [0.29, 0.717) is 0 Å². The molecule has 0 fully saturated rings. The van der Waals surface area contributed by atoms with Gasteiger partial charge < -0.3 is 10.6 Å². The molecule has 2 heterocycles. The van der Waals surface area contributed by atoms with Crippen LogP contribution in [0.15, 0.2) is 36.7 Å². The van der Waals surface area contributed by atoms with Gasteiger partial charge in [-0.05, 0) is 54.7 Å². The van der Waals surface area contributed by atoms with Crippen LogP contribution in [-0.2, 0) is 13.0 Å². The van der Waals surface area contributed by atoms with Crippen molar-refractivity contribution in [3.05, 3.63) is 53.3 Å². The monoisotopic (exact) mass is 289 g/mol. The maximum Gasteiger partial charge on any atom is 0.0447 e. The molecule has 0 atom stereocenters. The Balaban J connectivity index is 0.00000147. The summed E-state index contributed by atoms with van der Waals surface area (Å²) in [6.07, 6.45) is 6.07. The van der Waals surface area contributed by atoms with E-state index in [2.05, 4.69) is 28.9 Å². The van der Waals surface area contributed by atoms with Crippen molar-refractivity contribution >= 4 is 23.8 Å². The van der Waals surface area contributed by atoms with Crippen LogP contribution in [-0.4, -0.2) is 11.5 Å². The second kappa shape index (κ2) is 6.14. The van der Waals surface area contributed by atoms with E-state index in [1.54, 1.807) is 0 Å². The first-order valence-electron chi connectivity index (χ1n) is 6.77. The largest absolute Gasteiger partial charge is 0.398 e. The van der Waals surface area contributed by atoms with E-state index in [1.807, 2.05) is 24.5 Å². The number of aryl methyl sites for hydroxylation is 1. The van der Waals surface area contributed by atoms with Crippen molar-refractivity contribution in [1.29, 1.82) is 0 Å². The van der Waals surface area contributed by atoms with E-state index in [9.17, 15) is 0 Å². The Morgan fingerprint density at radius 1 is 1.30 bits per heavy atom. The number of aromatic nitrogens is 1. The minimum absolute atomic E-state index is 0. The second-order valence-corrected chi connectivity index (χ2v) is 5.17. The van der Waals surface area contributed by atoms with Gasteiger partial charge in [-0.1, -0.05) is 6.07 Å². The lowest BCUT2D eigenvalue weighted by Crippen LogP contribution is -2.29. The summed E-state index contributed by atoms with van der Waals surface area (Å²) in [4.78, 5) is 6.65. The van der Waals surface area contributed by atoms with Gasteiger partial charge in [-0.25, -0.2) is 0 Å². The van der Waals surface area contributed by atoms with Crippen molar-refractivity contribution in [3.8, 4) is 0 Å². The number of hydrogen-bond donors (Lipinski definition) is 1. The SMILES string of the molecule is Cc1ccncc1CN1CCCc2c(N)cccc21.Cl. The first-order valence-corrected chi connectivity index (χ1v) is 6.77. The van der Waals surface area contributed by atoms with Crippen molar-refractivity contribution in [2.24, 2.45) is 0 Å². The Morgan fingerprint density at radius 2 is 2.15 bits per heavy atom. The molecule has 3 nitrogen and oxygen atoms in total. The van der Waals surface area contributed by atoms with Gasteiger partial charge >= 0.3 is 0 Å². The van der Waals surface area contributed by atoms with Crippen LogP contribution < -0.4 is 10.6 Å². The van der Waals surface area contributed by atoms with Crippen molar-refractivity contribution in [2.75, 3.05) is 17.2 Å². The summed E-state index contributed by atoms with van der Waals surface area (Å²) in [6.45, 7) is 4.14. The van der Waals surface area contributed by atoms with Crippen LogP contribution in [0.25, 0.3) is 0 Å². The molecule has 0 amide bonds. The maximum atomic E-state index is 6.09. The summed E-state index contributed by atoms with van der Waals surface area (Å²) >= 11 is 0. The lowest BCUT2D eigenvalue weighted by Gasteiger charge is -2.32. The number of rotatable bonds is 2. The topological polar surface area (TPSA) is 42.2 Å². The lowest BCUT2D eigenvalue weighted by molar-refractivity contribution is 0.690. The number of nitrogens with two attached hydrogens (primary N) is 1. The Morgan fingerprint density at radius 3 is 2.95 bits per heavy atom. The van der Waals surface area contributed by atoms with E-state index >= 15 is 0 Å². The zero-order chi connectivity index (χ0) is 13.2. The molecule has 2 N–H and O–H groups in total. The highest BCUT2D eigenvalue weighted by atomic mass is 35.5. The zero-order valence-electron chi connectivity index (χ0n) is 11.7. The fourth-order valence-electron chi connectivity index (χ4n) is 2.76. The molecule has 4 heteroatoms. The van der Waals surface area contributed by atoms with Gasteiger partial charge in [0.05, 0.1) is 0 Å². The highest BCUT2D eigenvalue weighted by Crippen LogP contribution is 2.32. The number of anilines is 2. The Kier molecular flexibility index (Phi) is 4.50. The molecule has 1 aliphatic rings. The number of halogens is 1. The van der Waals surface area contributed by atoms with E-state index in [4.69, 9.17) is 5.73 Å². The standard InChI is InChI=1S/C16H19N3.ClH/c1-12-7-8-18-10-13(12)11-19-9-3-4-14-15(17)5-2-6-16(14)19;/h2,5-8,10H,3-4,9,11,17H2,1H3;1H. The van der Waals surface area contributed by atoms with Crippen LogP contribution in [0.3, 0.4) is 0 Å². The first kappa shape index (κ1) is 14.7. The van der Waals surface area contributed by atoms with Gasteiger partial charge in [0.2, 0.25) is 0 Å². The molecule has 0 unspecified atom stereocenters. The van der Waals surface area contributed by atoms with Crippen LogP contribution in [0.4, 0.5) is 11.4 Å². The summed E-state index contributed by atoms with van der Waals surface area (Å²) in [5.74, 6) is 0. The second-order valence-electron chi connectivity index (χ2n) is 5.17. The van der Waals surface area contributed by atoms with Crippen molar-refractivity contribution in [2.45, 2.75) is 26.3 Å². The summed E-state index contributed by atoms with van der Waals surface area (Å²) in [5, 5.41) is 0. The smallest absolute Gasteiger partial charge is 0.0447 e. The van der Waals surface area contributed by atoms with E-state index in [-0.39, 0.29) is 12.4 Å². The van der Waals surface area contributed by atoms with Crippen LogP contribution in [0.5, 0.6) is 0 Å². The van der Waals surface area contributed by atoms with Gasteiger partial charge in [0.25, 0.3) is 0 Å². The van der Waals surface area contributed by atoms with Gasteiger partial charge in [-0.2, -0.15) is 0 Å². The predicted octanol–water partition coefficient (Wildman–Crippen LogP) is 3.35. The average Bonchev–Trinajstić information content (AvgIpc) is 2.42. The summed E-state index contributed by atoms with van der Waals surface area (Å²) < 4.78 is 0. The van der Waals surface area contributed by atoms with E-state index in [1.165, 1.54) is 28.8 Å². The zero-order valence-corrected chi connectivity index (χ0v) is 12.5. The molecule has 0 radical (unpaired) electrons. The Hall–Kier alpha value is -1.74. The number of nitrogens with zero attached hydrogens (tertiary/aromatic N) is 2. The van der Waals surface area contributed by atoms with Gasteiger partial charge in [0.15, 0.2) is 0 Å². The number of nitrogen functional groups attached to an aromatic ring is 1. The van der Waals surface area contributed by atoms with Crippen molar-refractivity contribution in [3.63, 3.8) is 0 Å². The van der Waals surface area contributed by atoms with Crippen LogP contribution in [0.1, 0.15) is 23.1 Å². The van der Waals surface area contributed by atoms with E-state index in [0.717, 1.165) is 25.2 Å². The lowest BCUT2D eigenvalue weighted by atomic mass is 9.99. The van der Waals surface area contributed by atoms with Crippen molar-refractivity contribution in [1.82, 2.24) is 4.98 Å². The quantitative estimate of drug-likeness (QED) is 0.862. The maximum absolute atomic E-state index is 6.09. The molecule has 2 aromatic rings. The molecule has 1 aliphatic heterocycles. The number of benzene rings is 1. The van der Waals surface area contributed by atoms with Crippen molar-refractivity contribution < 1.29 is 0 Å². The molecular formula is C16H20ClN3. The molecular weight excluding hydrogens is 270 g/mol. The number of hydrogen-bond acceptors (Lipinski definition) is 3. The summed E-state index contributed by atoms with van der Waals surface area (Å²) in [5.41, 5.74) is 12.2. The molecule has 0 aliphatic carbocycles. The average molecular weight is 290 g/mol. The van der Waals surface area contributed by atoms with Crippen LogP contribution in [0, 0.1) is 6.92 Å². The fraction of sp³-hybridized carbons (Fsp3) is 0.312. The molecule has 20 heavy (non-hydrogen) atoms. The van der Waals surface area contributed by atoms with E-state index < -0.39 is 0 Å². The van der Waals surface area contributed by atoms with Gasteiger partial charge in [-0.3, -0.25) is 4.98 Å². The molecule has 0 saturated carbocycles. The molecule has 0 bridgehead atoms. The minimum Gasteiger partial charge on any atom is -0.398 e. The van der Waals surface area contributed by atoms with Gasteiger partial charge in [0.1, 0.15) is 0 Å². The third kappa shape index (κ3) is 2.73. The number of pyridine rings is 1. The molecule has 1 aromatic carbocycles. The van der Waals surface area contributed by atoms with Gasteiger partial charge in [0, 0.05) is 36.9 Å². The van der Waals surface area contributed by atoms with Crippen LogP contribution >= 0.6 is 12.4 Å². The first-order chi connectivity index (χ1) is 9.25. The van der Waals surface area contributed by atoms with Crippen LogP contribution in [0.2, 0.25) is 0 Å². The number of fused-ring (bicyclic) bond motifs is 1. The third-order valence-corrected chi connectivity index (χ3v) is 3.89. The minimum atomic E-state index is 0. The normalized spacial score (nSPS) is 13.6. The Labute approximate surface area is 126 Å². The summed E-state index contributed by atoms with van der Waals surface area (Å²) in [6, 6.07) is 8.29. The van der Waals surface area contributed by atoms with Gasteiger partial charge in [-0.15, -0.1) is 12.4 Å². The summed E-state index contributed by atoms with van der Waals surface area (Å²) in [7, 11) is 0. The molecule has 0 saturated heterocycles. The molecule has 0 spiro atoms. The predicted molar refractivity (Wildman–Crippen MR) is 86.4 cm³/mol. The third-order valence-electron chi connectivity index (χ3n) is 3.89.